The van der Waals surface area contributed by atoms with E-state index in [1.165, 1.54) is 27.1 Å². The molecule has 0 aliphatic heterocycles. The molecule has 12 aromatic rings. The van der Waals surface area contributed by atoms with Gasteiger partial charge in [0.05, 0.1) is 28.0 Å². The summed E-state index contributed by atoms with van der Waals surface area (Å²) in [6.07, 6.45) is 0. The third kappa shape index (κ3) is 6.04. The number of fused-ring (bicyclic) bond motifs is 8. The second kappa shape index (κ2) is 14.3. The molecule has 0 amide bonds. The van der Waals surface area contributed by atoms with Crippen LogP contribution in [0.4, 0.5) is 0 Å². The van der Waals surface area contributed by atoms with Crippen molar-refractivity contribution in [2.45, 2.75) is 0 Å². The molecule has 61 heavy (non-hydrogen) atoms. The summed E-state index contributed by atoms with van der Waals surface area (Å²) in [7, 11) is 0. The van der Waals surface area contributed by atoms with Crippen LogP contribution in [0.1, 0.15) is 0 Å². The van der Waals surface area contributed by atoms with Crippen molar-refractivity contribution in [2.24, 2.45) is 0 Å². The molecule has 0 unspecified atom stereocenters. The third-order valence-corrected chi connectivity index (χ3v) is 11.9. The first-order chi connectivity index (χ1) is 30.2. The van der Waals surface area contributed by atoms with Crippen molar-refractivity contribution in [1.29, 1.82) is 0 Å². The van der Waals surface area contributed by atoms with Gasteiger partial charge < -0.3 is 4.42 Å². The number of rotatable bonds is 6. The zero-order valence-corrected chi connectivity index (χ0v) is 33.0. The Morgan fingerprint density at radius 2 is 0.852 bits per heavy atom. The monoisotopic (exact) mass is 777 g/mol. The maximum Gasteiger partial charge on any atom is 0.160 e. The summed E-state index contributed by atoms with van der Waals surface area (Å²) in [5.74, 6) is 0.688. The molecule has 0 atom stereocenters. The van der Waals surface area contributed by atoms with E-state index >= 15 is 0 Å². The minimum absolute atomic E-state index is 0.688. The van der Waals surface area contributed by atoms with Crippen LogP contribution in [0.5, 0.6) is 0 Å². The first-order valence-corrected chi connectivity index (χ1v) is 20.6. The molecule has 284 valence electrons. The third-order valence-electron chi connectivity index (χ3n) is 11.9. The molecule has 0 saturated heterocycles. The number of pyridine rings is 1. The average Bonchev–Trinajstić information content (AvgIpc) is 3.74. The molecule has 4 nitrogen and oxygen atoms in total. The Morgan fingerprint density at radius 1 is 0.328 bits per heavy atom. The molecular weight excluding hydrogens is 743 g/mol. The Morgan fingerprint density at radius 3 is 1.59 bits per heavy atom. The highest BCUT2D eigenvalue weighted by atomic mass is 16.3. The van der Waals surface area contributed by atoms with Crippen LogP contribution < -0.4 is 0 Å². The van der Waals surface area contributed by atoms with E-state index in [1.54, 1.807) is 0 Å². The van der Waals surface area contributed by atoms with E-state index in [-0.39, 0.29) is 0 Å². The van der Waals surface area contributed by atoms with Gasteiger partial charge in [-0.2, -0.15) is 0 Å². The van der Waals surface area contributed by atoms with E-state index in [0.717, 1.165) is 88.9 Å². The van der Waals surface area contributed by atoms with Crippen LogP contribution in [0.3, 0.4) is 0 Å². The van der Waals surface area contributed by atoms with Gasteiger partial charge in [0.15, 0.2) is 5.82 Å². The van der Waals surface area contributed by atoms with Crippen LogP contribution in [0, 0.1) is 0 Å². The highest BCUT2D eigenvalue weighted by Gasteiger charge is 2.21. The Balaban J connectivity index is 0.961. The van der Waals surface area contributed by atoms with Crippen LogP contribution in [-0.4, -0.2) is 15.0 Å². The minimum atomic E-state index is 0.688. The van der Waals surface area contributed by atoms with Gasteiger partial charge in [-0.3, -0.25) is 0 Å². The van der Waals surface area contributed by atoms with Crippen LogP contribution in [-0.2, 0) is 0 Å². The Hall–Kier alpha value is -8.21. The Bertz CT molecular complexity index is 3610. The Kier molecular flexibility index (Phi) is 8.13. The molecule has 4 heteroatoms. The van der Waals surface area contributed by atoms with Crippen LogP contribution in [0.25, 0.3) is 122 Å². The van der Waals surface area contributed by atoms with Crippen molar-refractivity contribution in [1.82, 2.24) is 15.0 Å². The number of aromatic nitrogens is 3. The smallest absolute Gasteiger partial charge is 0.160 e. The van der Waals surface area contributed by atoms with Crippen molar-refractivity contribution >= 4 is 54.4 Å². The fourth-order valence-electron chi connectivity index (χ4n) is 8.84. The average molecular weight is 778 g/mol. The fourth-order valence-corrected chi connectivity index (χ4v) is 8.84. The van der Waals surface area contributed by atoms with Crippen molar-refractivity contribution in [2.75, 3.05) is 0 Å². The normalized spacial score (nSPS) is 11.6. The predicted octanol–water partition coefficient (Wildman–Crippen LogP) is 15.2. The van der Waals surface area contributed by atoms with Gasteiger partial charge in [-0.1, -0.05) is 182 Å². The lowest BCUT2D eigenvalue weighted by Crippen LogP contribution is -1.96. The molecule has 3 heterocycles. The number of hydrogen-bond acceptors (Lipinski definition) is 4. The molecule has 12 rings (SSSR count). The standard InChI is InChI=1S/C57H35N3O/c1-3-13-36(14-4-1)37-25-29-41(30-26-37)57-59-51(39-15-5-2-6-16-39)35-52(60-57)40-27-23-38(24-28-40)42-31-32-50-49(33-42)56-54(47-21-11-12-22-53(47)61-56)55(58-50)48-34-43-17-7-8-18-44(43)45-19-9-10-20-46(45)48/h1-35H. The van der Waals surface area contributed by atoms with E-state index in [4.69, 9.17) is 19.4 Å². The number of furan rings is 1. The highest BCUT2D eigenvalue weighted by Crippen LogP contribution is 2.44. The zero-order valence-electron chi connectivity index (χ0n) is 33.0. The van der Waals surface area contributed by atoms with Gasteiger partial charge in [0.2, 0.25) is 0 Å². The molecule has 0 N–H and O–H groups in total. The topological polar surface area (TPSA) is 51.8 Å². The lowest BCUT2D eigenvalue weighted by molar-refractivity contribution is 0.672. The summed E-state index contributed by atoms with van der Waals surface area (Å²) in [4.78, 5) is 15.7. The first-order valence-electron chi connectivity index (χ1n) is 20.6. The van der Waals surface area contributed by atoms with Crippen LogP contribution >= 0.6 is 0 Å². The maximum atomic E-state index is 6.77. The first kappa shape index (κ1) is 34.8. The van der Waals surface area contributed by atoms with Gasteiger partial charge >= 0.3 is 0 Å². The molecular formula is C57H35N3O. The van der Waals surface area contributed by atoms with Crippen molar-refractivity contribution in [3.05, 3.63) is 212 Å². The van der Waals surface area contributed by atoms with E-state index in [9.17, 15) is 0 Å². The molecule has 0 fully saturated rings. The summed E-state index contributed by atoms with van der Waals surface area (Å²) in [5, 5.41) is 7.86. The molecule has 0 bridgehead atoms. The molecule has 0 aliphatic rings. The largest absolute Gasteiger partial charge is 0.455 e. The second-order valence-electron chi connectivity index (χ2n) is 15.5. The lowest BCUT2D eigenvalue weighted by atomic mass is 9.93. The van der Waals surface area contributed by atoms with Gasteiger partial charge in [0, 0.05) is 33.0 Å². The second-order valence-corrected chi connectivity index (χ2v) is 15.5. The number of nitrogens with zero attached hydrogens (tertiary/aromatic N) is 3. The molecule has 0 radical (unpaired) electrons. The quantitative estimate of drug-likeness (QED) is 0.158. The van der Waals surface area contributed by atoms with Gasteiger partial charge in [0.1, 0.15) is 11.2 Å². The van der Waals surface area contributed by atoms with Gasteiger partial charge in [-0.25, -0.2) is 15.0 Å². The SMILES string of the molecule is c1ccc(-c2ccc(-c3nc(-c4ccccc4)cc(-c4ccc(-c5ccc6nc(-c7cc8ccccc8c8ccccc78)c7c8ccccc8oc7c6c5)cc4)n3)cc2)cc1. The maximum absolute atomic E-state index is 6.77. The van der Waals surface area contributed by atoms with Gasteiger partial charge in [-0.05, 0) is 74.1 Å². The molecule has 0 spiro atoms. The summed E-state index contributed by atoms with van der Waals surface area (Å²) in [6.45, 7) is 0. The van der Waals surface area contributed by atoms with Crippen LogP contribution in [0.2, 0.25) is 0 Å². The minimum Gasteiger partial charge on any atom is -0.455 e. The molecule has 0 saturated carbocycles. The number of para-hydroxylation sites is 1. The summed E-state index contributed by atoms with van der Waals surface area (Å²) < 4.78 is 6.77. The highest BCUT2D eigenvalue weighted by molar-refractivity contribution is 6.23. The lowest BCUT2D eigenvalue weighted by Gasteiger charge is -2.13. The predicted molar refractivity (Wildman–Crippen MR) is 252 cm³/mol. The number of benzene rings is 9. The van der Waals surface area contributed by atoms with Gasteiger partial charge in [-0.15, -0.1) is 0 Å². The van der Waals surface area contributed by atoms with E-state index in [0.29, 0.717) is 5.82 Å². The summed E-state index contributed by atoms with van der Waals surface area (Å²) >= 11 is 0. The van der Waals surface area contributed by atoms with Crippen molar-refractivity contribution in [3.8, 4) is 67.4 Å². The van der Waals surface area contributed by atoms with Crippen LogP contribution in [0.15, 0.2) is 217 Å². The van der Waals surface area contributed by atoms with Crippen molar-refractivity contribution < 1.29 is 4.42 Å². The summed E-state index contributed by atoms with van der Waals surface area (Å²) in [6, 6.07) is 74.3. The van der Waals surface area contributed by atoms with E-state index < -0.39 is 0 Å². The van der Waals surface area contributed by atoms with Gasteiger partial charge in [0.25, 0.3) is 0 Å². The number of hydrogen-bond donors (Lipinski definition) is 0. The van der Waals surface area contributed by atoms with E-state index in [2.05, 4.69) is 176 Å². The zero-order chi connectivity index (χ0) is 40.3. The fraction of sp³-hybridized carbons (Fsp3) is 0. The van der Waals surface area contributed by atoms with E-state index in [1.807, 2.05) is 36.4 Å². The van der Waals surface area contributed by atoms with Crippen molar-refractivity contribution in [3.63, 3.8) is 0 Å². The Labute approximate surface area is 352 Å². The molecule has 0 aliphatic carbocycles. The molecule has 3 aromatic heterocycles. The molecule has 9 aromatic carbocycles. The summed E-state index contributed by atoms with van der Waals surface area (Å²) in [5.41, 5.74) is 13.9.